The fourth-order valence-corrected chi connectivity index (χ4v) is 4.82. The van der Waals surface area contributed by atoms with Gasteiger partial charge >= 0.3 is 0 Å². The van der Waals surface area contributed by atoms with Crippen LogP contribution < -0.4 is 10.0 Å². The lowest BCUT2D eigenvalue weighted by atomic mass is 10.1. The summed E-state index contributed by atoms with van der Waals surface area (Å²) >= 11 is 4.78. The Bertz CT molecular complexity index is 1010. The molecule has 0 spiro atoms. The van der Waals surface area contributed by atoms with Gasteiger partial charge in [-0.25, -0.2) is 13.4 Å². The summed E-state index contributed by atoms with van der Waals surface area (Å²) in [6.45, 7) is 3.82. The molecule has 0 saturated heterocycles. The molecule has 144 valence electrons. The summed E-state index contributed by atoms with van der Waals surface area (Å²) in [6.07, 6.45) is 3.73. The molecule has 0 fully saturated rings. The molecule has 1 atom stereocenters. The van der Waals surface area contributed by atoms with Crippen LogP contribution in [-0.4, -0.2) is 29.8 Å². The molecule has 1 amide bonds. The molecule has 1 aromatic carbocycles. The highest BCUT2D eigenvalue weighted by atomic mass is 79.9. The van der Waals surface area contributed by atoms with Crippen LogP contribution in [0.3, 0.4) is 0 Å². The largest absolute Gasteiger partial charge is 0.349 e. The quantitative estimate of drug-likeness (QED) is 0.555. The summed E-state index contributed by atoms with van der Waals surface area (Å²) < 4.78 is 30.4. The first-order chi connectivity index (χ1) is 12.8. The lowest BCUT2D eigenvalue weighted by Crippen LogP contribution is -2.49. The number of hydrogen-bond donors (Lipinski definition) is 2. The molecule has 2 aromatic heterocycles. The Balaban J connectivity index is 1.69. The van der Waals surface area contributed by atoms with E-state index in [9.17, 15) is 13.2 Å². The molecule has 0 saturated carbocycles. The zero-order valence-electron chi connectivity index (χ0n) is 14.7. The highest BCUT2D eigenvalue weighted by molar-refractivity contribution is 9.10. The summed E-state index contributed by atoms with van der Waals surface area (Å²) in [6, 6.07) is 5.37. The van der Waals surface area contributed by atoms with Crippen LogP contribution in [0.4, 0.5) is 0 Å². The van der Waals surface area contributed by atoms with Gasteiger partial charge in [0, 0.05) is 22.2 Å². The number of imidazole rings is 1. The molecule has 0 bridgehead atoms. The molecule has 0 radical (unpaired) electrons. The molecule has 0 aliphatic rings. The number of carbonyl (C=O) groups excluding carboxylic acids is 1. The van der Waals surface area contributed by atoms with Crippen LogP contribution in [0.2, 0.25) is 0 Å². The van der Waals surface area contributed by atoms with E-state index in [2.05, 4.69) is 31.0 Å². The lowest BCUT2D eigenvalue weighted by molar-refractivity contribution is -0.123. The average molecular weight is 471 g/mol. The highest BCUT2D eigenvalue weighted by Crippen LogP contribution is 2.16. The second kappa shape index (κ2) is 8.09. The van der Waals surface area contributed by atoms with Crippen LogP contribution in [-0.2, 0) is 21.4 Å². The number of thiazole rings is 1. The van der Waals surface area contributed by atoms with Gasteiger partial charge in [-0.1, -0.05) is 29.8 Å². The summed E-state index contributed by atoms with van der Waals surface area (Å²) in [5, 5.41) is 4.70. The Morgan fingerprint density at radius 2 is 2.00 bits per heavy atom. The number of amides is 1. The van der Waals surface area contributed by atoms with Crippen LogP contribution >= 0.6 is 27.3 Å². The highest BCUT2D eigenvalue weighted by Gasteiger charge is 2.28. The number of nitrogens with zero attached hydrogens (tertiary/aromatic N) is 2. The molecular weight excluding hydrogens is 452 g/mol. The normalized spacial score (nSPS) is 13.2. The number of aromatic nitrogens is 2. The number of fused-ring (bicyclic) bond motifs is 1. The topological polar surface area (TPSA) is 92.6 Å². The predicted molar refractivity (Wildman–Crippen MR) is 108 cm³/mol. The molecule has 27 heavy (non-hydrogen) atoms. The minimum Gasteiger partial charge on any atom is -0.349 e. The predicted octanol–water partition coefficient (Wildman–Crippen LogP) is 2.78. The molecule has 0 unspecified atom stereocenters. The van der Waals surface area contributed by atoms with E-state index in [1.54, 1.807) is 26.0 Å². The minimum absolute atomic E-state index is 0.110. The SMILES string of the molecule is CC(C)[C@H](NS(=O)(=O)c1ccc(Br)cc1)C(=O)NCc1cn2ccsc2n1. The van der Waals surface area contributed by atoms with Crippen molar-refractivity contribution < 1.29 is 13.2 Å². The summed E-state index contributed by atoms with van der Waals surface area (Å²) in [7, 11) is -3.81. The maximum atomic E-state index is 12.6. The smallest absolute Gasteiger partial charge is 0.241 e. The summed E-state index contributed by atoms with van der Waals surface area (Å²) in [4.78, 5) is 18.0. The van der Waals surface area contributed by atoms with Crippen molar-refractivity contribution in [3.63, 3.8) is 0 Å². The molecule has 10 heteroatoms. The maximum Gasteiger partial charge on any atom is 0.241 e. The van der Waals surface area contributed by atoms with Gasteiger partial charge in [0.05, 0.1) is 17.1 Å². The van der Waals surface area contributed by atoms with Gasteiger partial charge in [-0.3, -0.25) is 9.20 Å². The van der Waals surface area contributed by atoms with Crippen molar-refractivity contribution in [2.24, 2.45) is 5.92 Å². The van der Waals surface area contributed by atoms with E-state index < -0.39 is 16.1 Å². The van der Waals surface area contributed by atoms with Crippen LogP contribution in [0.5, 0.6) is 0 Å². The standard InChI is InChI=1S/C17H19BrN4O3S2/c1-11(2)15(21-27(24,25)14-5-3-12(18)4-6-14)16(23)19-9-13-10-22-7-8-26-17(22)20-13/h3-8,10-11,15,21H,9H2,1-2H3,(H,19,23)/t15-/m0/s1. The van der Waals surface area contributed by atoms with Gasteiger partial charge in [0.2, 0.25) is 15.9 Å². The van der Waals surface area contributed by atoms with Crippen LogP contribution in [0.15, 0.2) is 51.4 Å². The minimum atomic E-state index is -3.81. The molecule has 3 rings (SSSR count). The van der Waals surface area contributed by atoms with Gasteiger partial charge in [0.1, 0.15) is 6.04 Å². The Morgan fingerprint density at radius 1 is 1.30 bits per heavy atom. The van der Waals surface area contributed by atoms with Crippen molar-refractivity contribution in [3.8, 4) is 0 Å². The molecule has 2 heterocycles. The number of sulfonamides is 1. The number of hydrogen-bond acceptors (Lipinski definition) is 5. The third-order valence-electron chi connectivity index (χ3n) is 3.94. The zero-order valence-corrected chi connectivity index (χ0v) is 17.9. The lowest BCUT2D eigenvalue weighted by Gasteiger charge is -2.21. The van der Waals surface area contributed by atoms with Crippen molar-refractivity contribution in [2.45, 2.75) is 31.3 Å². The Kier molecular flexibility index (Phi) is 5.99. The molecule has 3 aromatic rings. The Labute approximate surface area is 170 Å². The monoisotopic (exact) mass is 470 g/mol. The number of rotatable bonds is 7. The number of nitrogens with one attached hydrogen (secondary N) is 2. The van der Waals surface area contributed by atoms with E-state index in [0.717, 1.165) is 9.43 Å². The van der Waals surface area contributed by atoms with Crippen molar-refractivity contribution >= 4 is 48.2 Å². The third-order valence-corrected chi connectivity index (χ3v) is 6.70. The van der Waals surface area contributed by atoms with Gasteiger partial charge in [-0.15, -0.1) is 11.3 Å². The van der Waals surface area contributed by atoms with Gasteiger partial charge in [-0.2, -0.15) is 4.72 Å². The van der Waals surface area contributed by atoms with Gasteiger partial charge in [0.15, 0.2) is 4.96 Å². The van der Waals surface area contributed by atoms with E-state index in [4.69, 9.17) is 0 Å². The zero-order chi connectivity index (χ0) is 19.6. The first-order valence-corrected chi connectivity index (χ1v) is 11.4. The van der Waals surface area contributed by atoms with Crippen molar-refractivity contribution in [1.82, 2.24) is 19.4 Å². The fourth-order valence-electron chi connectivity index (χ4n) is 2.49. The Morgan fingerprint density at radius 3 is 2.63 bits per heavy atom. The summed E-state index contributed by atoms with van der Waals surface area (Å²) in [5.74, 6) is -0.609. The van der Waals surface area contributed by atoms with Crippen LogP contribution in [0.1, 0.15) is 19.5 Å². The van der Waals surface area contributed by atoms with Crippen molar-refractivity contribution in [3.05, 3.63) is 52.2 Å². The Hall–Kier alpha value is -1.75. The van der Waals surface area contributed by atoms with Gasteiger partial charge < -0.3 is 5.32 Å². The molecule has 0 aliphatic heterocycles. The van der Waals surface area contributed by atoms with E-state index in [1.165, 1.54) is 23.5 Å². The van der Waals surface area contributed by atoms with Gasteiger partial charge in [0.25, 0.3) is 0 Å². The first-order valence-electron chi connectivity index (χ1n) is 8.23. The van der Waals surface area contributed by atoms with E-state index in [1.807, 2.05) is 22.2 Å². The van der Waals surface area contributed by atoms with E-state index in [-0.39, 0.29) is 23.3 Å². The molecular formula is C17H19BrN4O3S2. The van der Waals surface area contributed by atoms with Crippen LogP contribution in [0.25, 0.3) is 4.96 Å². The van der Waals surface area contributed by atoms with E-state index >= 15 is 0 Å². The fraction of sp³-hybridized carbons (Fsp3) is 0.294. The maximum absolute atomic E-state index is 12.6. The van der Waals surface area contributed by atoms with Crippen molar-refractivity contribution in [2.75, 3.05) is 0 Å². The van der Waals surface area contributed by atoms with Crippen molar-refractivity contribution in [1.29, 1.82) is 0 Å². The molecule has 0 aliphatic carbocycles. The molecule has 7 nitrogen and oxygen atoms in total. The average Bonchev–Trinajstić information content (AvgIpc) is 3.19. The molecule has 2 N–H and O–H groups in total. The number of benzene rings is 1. The summed E-state index contributed by atoms with van der Waals surface area (Å²) in [5.41, 5.74) is 0.716. The second-order valence-corrected chi connectivity index (χ2v) is 9.84. The van der Waals surface area contributed by atoms with Crippen LogP contribution in [0, 0.1) is 5.92 Å². The number of carbonyl (C=O) groups is 1. The second-order valence-electron chi connectivity index (χ2n) is 6.34. The van der Waals surface area contributed by atoms with E-state index in [0.29, 0.717) is 5.69 Å². The number of halogens is 1. The first kappa shape index (κ1) is 20.0. The third kappa shape index (κ3) is 4.75. The van der Waals surface area contributed by atoms with Gasteiger partial charge in [-0.05, 0) is 30.2 Å².